The maximum absolute atomic E-state index is 12.1. The molecule has 0 amide bonds. The molecule has 1 aromatic heterocycles. The lowest BCUT2D eigenvalue weighted by atomic mass is 10.1. The second kappa shape index (κ2) is 5.69. The van der Waals surface area contributed by atoms with Crippen molar-refractivity contribution in [3.05, 3.63) is 53.3 Å². The zero-order valence-electron chi connectivity index (χ0n) is 11.7. The Morgan fingerprint density at radius 3 is 2.45 bits per heavy atom. The Morgan fingerprint density at radius 1 is 1.25 bits per heavy atom. The Balaban J connectivity index is 2.08. The number of carbonyl (C=O) groups is 2. The molecule has 20 heavy (non-hydrogen) atoms. The van der Waals surface area contributed by atoms with Gasteiger partial charge in [0.05, 0.1) is 6.20 Å². The van der Waals surface area contributed by atoms with Crippen molar-refractivity contribution in [3.63, 3.8) is 0 Å². The first-order valence-corrected chi connectivity index (χ1v) is 6.29. The third-order valence-electron chi connectivity index (χ3n) is 3.17. The third kappa shape index (κ3) is 2.77. The molecule has 5 heteroatoms. The van der Waals surface area contributed by atoms with Gasteiger partial charge < -0.3 is 4.74 Å². The second-order valence-corrected chi connectivity index (χ2v) is 4.55. The van der Waals surface area contributed by atoms with Gasteiger partial charge in [0.2, 0.25) is 5.78 Å². The van der Waals surface area contributed by atoms with E-state index >= 15 is 0 Å². The van der Waals surface area contributed by atoms with Crippen LogP contribution >= 0.6 is 0 Å². The monoisotopic (exact) mass is 272 g/mol. The van der Waals surface area contributed by atoms with Gasteiger partial charge >= 0.3 is 5.97 Å². The average Bonchev–Trinajstić information content (AvgIpc) is 2.79. The standard InChI is InChI=1S/C15H16N2O3/c1-10-13(9-16-17(10)3)15(19)20-11(2)14(18)12-7-5-4-6-8-12/h4-9,11H,1-3H3/t11-/m1/s1. The molecular weight excluding hydrogens is 256 g/mol. The van der Waals surface area contributed by atoms with Crippen LogP contribution in [-0.4, -0.2) is 27.6 Å². The first kappa shape index (κ1) is 14.0. The number of esters is 1. The van der Waals surface area contributed by atoms with Gasteiger partial charge in [-0.15, -0.1) is 0 Å². The van der Waals surface area contributed by atoms with Gasteiger partial charge in [-0.1, -0.05) is 30.3 Å². The highest BCUT2D eigenvalue weighted by atomic mass is 16.5. The van der Waals surface area contributed by atoms with E-state index in [4.69, 9.17) is 4.74 Å². The molecule has 0 aliphatic carbocycles. The van der Waals surface area contributed by atoms with Gasteiger partial charge in [0.25, 0.3) is 0 Å². The molecule has 2 rings (SSSR count). The molecular formula is C15H16N2O3. The molecule has 0 bridgehead atoms. The van der Waals surface area contributed by atoms with Crippen molar-refractivity contribution in [1.82, 2.24) is 9.78 Å². The molecule has 1 atom stereocenters. The van der Waals surface area contributed by atoms with E-state index < -0.39 is 12.1 Å². The summed E-state index contributed by atoms with van der Waals surface area (Å²) in [6.45, 7) is 3.34. The van der Waals surface area contributed by atoms with E-state index in [1.807, 2.05) is 6.07 Å². The highest BCUT2D eigenvalue weighted by Gasteiger charge is 2.22. The smallest absolute Gasteiger partial charge is 0.342 e. The van der Waals surface area contributed by atoms with Crippen molar-refractivity contribution in [1.29, 1.82) is 0 Å². The molecule has 0 spiro atoms. The van der Waals surface area contributed by atoms with Crippen molar-refractivity contribution in [2.45, 2.75) is 20.0 Å². The van der Waals surface area contributed by atoms with E-state index in [9.17, 15) is 9.59 Å². The number of hydrogen-bond donors (Lipinski definition) is 0. The van der Waals surface area contributed by atoms with E-state index in [-0.39, 0.29) is 5.78 Å². The van der Waals surface area contributed by atoms with Gasteiger partial charge in [-0.2, -0.15) is 5.10 Å². The van der Waals surface area contributed by atoms with Crippen LogP contribution in [0, 0.1) is 6.92 Å². The molecule has 0 saturated heterocycles. The minimum absolute atomic E-state index is 0.222. The summed E-state index contributed by atoms with van der Waals surface area (Å²) in [5, 5.41) is 3.98. The normalized spacial score (nSPS) is 11.9. The SMILES string of the molecule is Cc1c(C(=O)O[C@H](C)C(=O)c2ccccc2)cnn1C. The summed E-state index contributed by atoms with van der Waals surface area (Å²) in [4.78, 5) is 24.1. The molecule has 0 aliphatic rings. The number of aromatic nitrogens is 2. The Kier molecular flexibility index (Phi) is 3.98. The van der Waals surface area contributed by atoms with E-state index in [1.54, 1.807) is 49.8 Å². The predicted octanol–water partition coefficient (Wildman–Crippen LogP) is 2.16. The molecule has 0 radical (unpaired) electrons. The number of aryl methyl sites for hydroxylation is 1. The fourth-order valence-corrected chi connectivity index (χ4v) is 1.81. The van der Waals surface area contributed by atoms with Crippen LogP contribution in [0.4, 0.5) is 0 Å². The topological polar surface area (TPSA) is 61.2 Å². The third-order valence-corrected chi connectivity index (χ3v) is 3.17. The summed E-state index contributed by atoms with van der Waals surface area (Å²) in [5.41, 5.74) is 1.60. The largest absolute Gasteiger partial charge is 0.451 e. The van der Waals surface area contributed by atoms with Crippen LogP contribution in [0.25, 0.3) is 0 Å². The summed E-state index contributed by atoms with van der Waals surface area (Å²) in [5.74, 6) is -0.757. The van der Waals surface area contributed by atoms with E-state index in [2.05, 4.69) is 5.10 Å². The number of hydrogen-bond acceptors (Lipinski definition) is 4. The van der Waals surface area contributed by atoms with Crippen molar-refractivity contribution >= 4 is 11.8 Å². The number of benzene rings is 1. The molecule has 1 aromatic carbocycles. The van der Waals surface area contributed by atoms with Crippen molar-refractivity contribution in [3.8, 4) is 0 Å². The Bertz CT molecular complexity index is 632. The van der Waals surface area contributed by atoms with E-state index in [1.165, 1.54) is 6.20 Å². The molecule has 0 saturated carbocycles. The molecule has 5 nitrogen and oxygen atoms in total. The maximum Gasteiger partial charge on any atom is 0.342 e. The van der Waals surface area contributed by atoms with Gasteiger partial charge in [0.1, 0.15) is 5.56 Å². The Hall–Kier alpha value is -2.43. The van der Waals surface area contributed by atoms with Crippen molar-refractivity contribution < 1.29 is 14.3 Å². The molecule has 0 unspecified atom stereocenters. The second-order valence-electron chi connectivity index (χ2n) is 4.55. The van der Waals surface area contributed by atoms with Gasteiger partial charge in [-0.3, -0.25) is 9.48 Å². The van der Waals surface area contributed by atoms with Crippen LogP contribution in [0.1, 0.15) is 33.3 Å². The highest BCUT2D eigenvalue weighted by molar-refractivity contribution is 6.01. The molecule has 104 valence electrons. The van der Waals surface area contributed by atoms with Crippen LogP contribution in [0.5, 0.6) is 0 Å². The number of Topliss-reactive ketones (excluding diaryl/α,β-unsaturated/α-hetero) is 1. The lowest BCUT2D eigenvalue weighted by Gasteiger charge is -2.12. The van der Waals surface area contributed by atoms with Crippen LogP contribution in [-0.2, 0) is 11.8 Å². The maximum atomic E-state index is 12.1. The van der Waals surface area contributed by atoms with Crippen molar-refractivity contribution in [2.75, 3.05) is 0 Å². The number of carbonyl (C=O) groups excluding carboxylic acids is 2. The lowest BCUT2D eigenvalue weighted by molar-refractivity contribution is 0.0318. The summed E-state index contributed by atoms with van der Waals surface area (Å²) in [6.07, 6.45) is 0.613. The average molecular weight is 272 g/mol. The Labute approximate surface area is 117 Å². The Morgan fingerprint density at radius 2 is 1.90 bits per heavy atom. The van der Waals surface area contributed by atoms with Crippen molar-refractivity contribution in [2.24, 2.45) is 7.05 Å². The van der Waals surface area contributed by atoms with Crippen LogP contribution in [0.3, 0.4) is 0 Å². The fourth-order valence-electron chi connectivity index (χ4n) is 1.81. The number of rotatable bonds is 4. The zero-order valence-corrected chi connectivity index (χ0v) is 11.7. The molecule has 0 fully saturated rings. The van der Waals surface area contributed by atoms with Crippen LogP contribution < -0.4 is 0 Å². The lowest BCUT2D eigenvalue weighted by Crippen LogP contribution is -2.24. The van der Waals surface area contributed by atoms with E-state index in [0.29, 0.717) is 16.8 Å². The summed E-state index contributed by atoms with van der Waals surface area (Å²) in [6, 6.07) is 8.76. The fraction of sp³-hybridized carbons (Fsp3) is 0.267. The number of nitrogens with zero attached hydrogens (tertiary/aromatic N) is 2. The molecule has 2 aromatic rings. The van der Waals surface area contributed by atoms with Crippen LogP contribution in [0.15, 0.2) is 36.5 Å². The molecule has 1 heterocycles. The first-order valence-electron chi connectivity index (χ1n) is 6.29. The van der Waals surface area contributed by atoms with E-state index in [0.717, 1.165) is 0 Å². The number of ketones is 1. The number of ether oxygens (including phenoxy) is 1. The summed E-state index contributed by atoms with van der Waals surface area (Å²) >= 11 is 0. The molecule has 0 aliphatic heterocycles. The summed E-state index contributed by atoms with van der Waals surface area (Å²) in [7, 11) is 1.74. The first-order chi connectivity index (χ1) is 9.50. The minimum atomic E-state index is -0.829. The minimum Gasteiger partial charge on any atom is -0.451 e. The predicted molar refractivity (Wildman–Crippen MR) is 73.6 cm³/mol. The quantitative estimate of drug-likeness (QED) is 0.632. The summed E-state index contributed by atoms with van der Waals surface area (Å²) < 4.78 is 6.79. The van der Waals surface area contributed by atoms with Gasteiger partial charge in [0, 0.05) is 18.3 Å². The molecule has 0 N–H and O–H groups in total. The van der Waals surface area contributed by atoms with Gasteiger partial charge in [-0.05, 0) is 13.8 Å². The zero-order chi connectivity index (χ0) is 14.7. The highest BCUT2D eigenvalue weighted by Crippen LogP contribution is 2.11. The van der Waals surface area contributed by atoms with Gasteiger partial charge in [-0.25, -0.2) is 4.79 Å². The van der Waals surface area contributed by atoms with Crippen LogP contribution in [0.2, 0.25) is 0 Å². The van der Waals surface area contributed by atoms with Gasteiger partial charge in [0.15, 0.2) is 6.10 Å².